The summed E-state index contributed by atoms with van der Waals surface area (Å²) in [5.74, 6) is -0.311. The van der Waals surface area contributed by atoms with Crippen LogP contribution in [0.4, 0.5) is 11.4 Å². The Labute approximate surface area is 152 Å². The number of hydrogen-bond acceptors (Lipinski definition) is 5. The number of nitrogens with one attached hydrogen (secondary N) is 2. The maximum atomic E-state index is 11.8. The third kappa shape index (κ3) is 5.30. The van der Waals surface area contributed by atoms with Gasteiger partial charge in [0.15, 0.2) is 0 Å². The van der Waals surface area contributed by atoms with E-state index in [1.165, 1.54) is 18.3 Å². The Morgan fingerprint density at radius 1 is 1.33 bits per heavy atom. The van der Waals surface area contributed by atoms with Crippen LogP contribution >= 0.6 is 22.6 Å². The summed E-state index contributed by atoms with van der Waals surface area (Å²) in [7, 11) is 0. The first-order valence-corrected chi connectivity index (χ1v) is 8.10. The highest BCUT2D eigenvalue weighted by atomic mass is 127. The number of nitro groups is 1. The van der Waals surface area contributed by atoms with Crippen molar-refractivity contribution in [3.63, 3.8) is 0 Å². The lowest BCUT2D eigenvalue weighted by Gasteiger charge is -2.08. The molecule has 124 valence electrons. The van der Waals surface area contributed by atoms with Crippen molar-refractivity contribution in [3.05, 3.63) is 67.3 Å². The fourth-order valence-electron chi connectivity index (χ4n) is 1.94. The fraction of sp³-hybridized carbons (Fsp3) is 0.125. The van der Waals surface area contributed by atoms with Gasteiger partial charge in [0, 0.05) is 27.0 Å². The van der Waals surface area contributed by atoms with Crippen LogP contribution in [0.15, 0.2) is 47.6 Å². The summed E-state index contributed by atoms with van der Waals surface area (Å²) in [5, 5.41) is 17.5. The summed E-state index contributed by atoms with van der Waals surface area (Å²) in [6, 6.07) is 11.9. The van der Waals surface area contributed by atoms with Crippen molar-refractivity contribution in [2.75, 3.05) is 11.9 Å². The molecule has 0 fully saturated rings. The molecule has 2 aromatic rings. The van der Waals surface area contributed by atoms with Crippen LogP contribution in [-0.2, 0) is 4.79 Å². The van der Waals surface area contributed by atoms with E-state index in [2.05, 4.69) is 38.4 Å². The number of hydrogen-bond donors (Lipinski definition) is 2. The minimum absolute atomic E-state index is 0.0267. The molecule has 0 saturated heterocycles. The number of benzene rings is 2. The van der Waals surface area contributed by atoms with Gasteiger partial charge in [-0.25, -0.2) is 5.43 Å². The molecule has 0 unspecified atom stereocenters. The lowest BCUT2D eigenvalue weighted by molar-refractivity contribution is -0.384. The minimum Gasteiger partial charge on any atom is -0.376 e. The molecule has 0 aliphatic rings. The van der Waals surface area contributed by atoms with Crippen LogP contribution in [0, 0.1) is 20.6 Å². The Morgan fingerprint density at radius 3 is 2.83 bits per heavy atom. The van der Waals surface area contributed by atoms with E-state index in [1.54, 1.807) is 12.1 Å². The van der Waals surface area contributed by atoms with E-state index >= 15 is 0 Å². The molecule has 0 bridgehead atoms. The number of hydrazone groups is 1. The molecular formula is C16H15IN4O3. The second kappa shape index (κ2) is 8.39. The number of aryl methyl sites for hydroxylation is 1. The van der Waals surface area contributed by atoms with Gasteiger partial charge >= 0.3 is 0 Å². The molecule has 0 aliphatic carbocycles. The van der Waals surface area contributed by atoms with Gasteiger partial charge in [-0.05, 0) is 53.3 Å². The number of rotatable bonds is 6. The number of amides is 1. The van der Waals surface area contributed by atoms with Gasteiger partial charge in [0.05, 0.1) is 17.7 Å². The lowest BCUT2D eigenvalue weighted by Crippen LogP contribution is -2.26. The fourth-order valence-corrected chi connectivity index (χ4v) is 2.58. The van der Waals surface area contributed by atoms with E-state index < -0.39 is 4.92 Å². The van der Waals surface area contributed by atoms with Gasteiger partial charge in [-0.15, -0.1) is 0 Å². The maximum absolute atomic E-state index is 11.8. The van der Waals surface area contributed by atoms with E-state index in [4.69, 9.17) is 0 Å². The molecule has 7 nitrogen and oxygen atoms in total. The van der Waals surface area contributed by atoms with Crippen LogP contribution in [0.2, 0.25) is 0 Å². The number of carbonyl (C=O) groups excluding carboxylic acids is 1. The highest BCUT2D eigenvalue weighted by Gasteiger charge is 2.05. The number of nitrogens with zero attached hydrogens (tertiary/aromatic N) is 2. The van der Waals surface area contributed by atoms with Crippen molar-refractivity contribution >= 4 is 46.1 Å². The van der Waals surface area contributed by atoms with E-state index in [1.807, 2.05) is 25.1 Å². The molecule has 0 radical (unpaired) electrons. The van der Waals surface area contributed by atoms with Crippen molar-refractivity contribution in [1.29, 1.82) is 0 Å². The molecule has 2 rings (SSSR count). The minimum atomic E-state index is -0.483. The largest absolute Gasteiger partial charge is 0.376 e. The average Bonchev–Trinajstić information content (AvgIpc) is 2.54. The molecule has 0 spiro atoms. The Kier molecular flexibility index (Phi) is 6.24. The predicted octanol–water partition coefficient (Wildman–Crippen LogP) is 3.07. The van der Waals surface area contributed by atoms with Crippen LogP contribution in [0.3, 0.4) is 0 Å². The first-order valence-electron chi connectivity index (χ1n) is 7.02. The molecular weight excluding hydrogens is 423 g/mol. The Morgan fingerprint density at radius 2 is 2.12 bits per heavy atom. The zero-order chi connectivity index (χ0) is 17.5. The lowest BCUT2D eigenvalue weighted by atomic mass is 10.2. The normalized spacial score (nSPS) is 10.6. The first-order chi connectivity index (χ1) is 11.5. The van der Waals surface area contributed by atoms with E-state index in [0.29, 0.717) is 5.56 Å². The van der Waals surface area contributed by atoms with Crippen molar-refractivity contribution in [2.45, 2.75) is 6.92 Å². The Bertz CT molecular complexity index is 793. The Hall–Kier alpha value is -2.49. The summed E-state index contributed by atoms with van der Waals surface area (Å²) in [5.41, 5.74) is 4.82. The molecule has 2 aromatic carbocycles. The SMILES string of the molecule is Cc1cc(I)ccc1NCC(=O)NN=Cc1cccc([N+](=O)[O-])c1. The van der Waals surface area contributed by atoms with Crippen LogP contribution in [0.5, 0.6) is 0 Å². The second-order valence-corrected chi connectivity index (χ2v) is 6.20. The molecule has 0 heterocycles. The van der Waals surface area contributed by atoms with Crippen molar-refractivity contribution < 1.29 is 9.72 Å². The highest BCUT2D eigenvalue weighted by molar-refractivity contribution is 14.1. The van der Waals surface area contributed by atoms with Gasteiger partial charge in [-0.3, -0.25) is 14.9 Å². The summed E-state index contributed by atoms with van der Waals surface area (Å²) in [6.45, 7) is 2.04. The molecule has 0 aliphatic heterocycles. The monoisotopic (exact) mass is 438 g/mol. The van der Waals surface area contributed by atoms with E-state index in [0.717, 1.165) is 14.8 Å². The molecule has 0 atom stereocenters. The van der Waals surface area contributed by atoms with Gasteiger partial charge in [0.2, 0.25) is 0 Å². The summed E-state index contributed by atoms with van der Waals surface area (Å²) in [6.07, 6.45) is 1.36. The van der Waals surface area contributed by atoms with Crippen LogP contribution in [0.1, 0.15) is 11.1 Å². The number of nitro benzene ring substituents is 1. The average molecular weight is 438 g/mol. The van der Waals surface area contributed by atoms with Gasteiger partial charge < -0.3 is 5.32 Å². The van der Waals surface area contributed by atoms with Crippen molar-refractivity contribution in [3.8, 4) is 0 Å². The second-order valence-electron chi connectivity index (χ2n) is 4.96. The third-order valence-electron chi connectivity index (χ3n) is 3.11. The van der Waals surface area contributed by atoms with Crippen molar-refractivity contribution in [1.82, 2.24) is 5.43 Å². The van der Waals surface area contributed by atoms with Crippen LogP contribution in [0.25, 0.3) is 0 Å². The van der Waals surface area contributed by atoms with Gasteiger partial charge in [-0.2, -0.15) is 5.10 Å². The van der Waals surface area contributed by atoms with Crippen LogP contribution in [-0.4, -0.2) is 23.6 Å². The van der Waals surface area contributed by atoms with Crippen molar-refractivity contribution in [2.24, 2.45) is 5.10 Å². The molecule has 0 saturated carbocycles. The standard InChI is InChI=1S/C16H15IN4O3/c1-11-7-13(17)5-6-15(11)18-10-16(22)20-19-9-12-3-2-4-14(8-12)21(23)24/h2-9,18H,10H2,1H3,(H,20,22). The van der Waals surface area contributed by atoms with E-state index in [9.17, 15) is 14.9 Å². The zero-order valence-corrected chi connectivity index (χ0v) is 15.0. The molecule has 0 aromatic heterocycles. The van der Waals surface area contributed by atoms with Crippen LogP contribution < -0.4 is 10.7 Å². The highest BCUT2D eigenvalue weighted by Crippen LogP contribution is 2.17. The summed E-state index contributed by atoms with van der Waals surface area (Å²) < 4.78 is 1.13. The molecule has 8 heteroatoms. The van der Waals surface area contributed by atoms with E-state index in [-0.39, 0.29) is 18.1 Å². The third-order valence-corrected chi connectivity index (χ3v) is 3.78. The predicted molar refractivity (Wildman–Crippen MR) is 101 cm³/mol. The number of carbonyl (C=O) groups is 1. The molecule has 2 N–H and O–H groups in total. The quantitative estimate of drug-likeness (QED) is 0.314. The molecule has 1 amide bonds. The van der Waals surface area contributed by atoms with Gasteiger partial charge in [-0.1, -0.05) is 12.1 Å². The topological polar surface area (TPSA) is 96.6 Å². The summed E-state index contributed by atoms with van der Waals surface area (Å²) >= 11 is 2.23. The Balaban J connectivity index is 1.86. The first kappa shape index (κ1) is 17.9. The number of anilines is 1. The van der Waals surface area contributed by atoms with Gasteiger partial charge in [0.25, 0.3) is 11.6 Å². The molecule has 24 heavy (non-hydrogen) atoms. The maximum Gasteiger partial charge on any atom is 0.270 e. The smallest absolute Gasteiger partial charge is 0.270 e. The number of halogens is 1. The summed E-state index contributed by atoms with van der Waals surface area (Å²) in [4.78, 5) is 22.0. The number of non-ortho nitro benzene ring substituents is 1. The van der Waals surface area contributed by atoms with Gasteiger partial charge in [0.1, 0.15) is 0 Å². The zero-order valence-electron chi connectivity index (χ0n) is 12.8.